The molecule has 0 spiro atoms. The van der Waals surface area contributed by atoms with Crippen LogP contribution in [0.5, 0.6) is 5.75 Å². The number of hydrogen-bond donors (Lipinski definition) is 1. The average Bonchev–Trinajstić information content (AvgIpc) is 2.64. The molecule has 0 saturated carbocycles. The number of amides is 1. The van der Waals surface area contributed by atoms with E-state index in [1.165, 1.54) is 12.1 Å². The van der Waals surface area contributed by atoms with Crippen LogP contribution in [0.2, 0.25) is 0 Å². The first-order valence-electron chi connectivity index (χ1n) is 7.97. The monoisotopic (exact) mass is 359 g/mol. The normalized spacial score (nSPS) is 11.3. The molecule has 0 fully saturated rings. The van der Waals surface area contributed by atoms with Crippen LogP contribution in [0.15, 0.2) is 66.7 Å². The molecule has 0 aliphatic carbocycles. The van der Waals surface area contributed by atoms with Crippen LogP contribution >= 0.6 is 0 Å². The molecule has 0 aromatic heterocycles. The topological polar surface area (TPSA) is 38.3 Å². The minimum Gasteiger partial charge on any atom is -0.484 e. The maximum atomic E-state index is 12.5. The Morgan fingerprint density at radius 2 is 1.69 bits per heavy atom. The molecule has 3 rings (SSSR count). The molecule has 6 heteroatoms. The molecule has 1 N–H and O–H groups in total. The van der Waals surface area contributed by atoms with Crippen LogP contribution in [0.3, 0.4) is 0 Å². The molecule has 3 nitrogen and oxygen atoms in total. The zero-order valence-electron chi connectivity index (χ0n) is 13.7. The number of carbonyl (C=O) groups is 1. The number of carbonyl (C=O) groups excluding carboxylic acids is 1. The van der Waals surface area contributed by atoms with Gasteiger partial charge in [-0.1, -0.05) is 48.5 Å². The van der Waals surface area contributed by atoms with Crippen LogP contribution in [0, 0.1) is 0 Å². The Hall–Kier alpha value is -3.02. The molecule has 1 amide bonds. The summed E-state index contributed by atoms with van der Waals surface area (Å²) in [7, 11) is 0. The first-order chi connectivity index (χ1) is 12.4. The van der Waals surface area contributed by atoms with Crippen molar-refractivity contribution < 1.29 is 22.7 Å². The average molecular weight is 359 g/mol. The molecule has 26 heavy (non-hydrogen) atoms. The highest BCUT2D eigenvalue weighted by atomic mass is 19.4. The van der Waals surface area contributed by atoms with Crippen LogP contribution in [-0.4, -0.2) is 18.7 Å². The lowest BCUT2D eigenvalue weighted by atomic mass is 10.0. The van der Waals surface area contributed by atoms with E-state index in [2.05, 4.69) is 5.32 Å². The summed E-state index contributed by atoms with van der Waals surface area (Å²) in [6, 6.07) is 19.3. The lowest BCUT2D eigenvalue weighted by Crippen LogP contribution is -2.23. The Balaban J connectivity index is 1.68. The minimum atomic E-state index is -4.39. The van der Waals surface area contributed by atoms with Gasteiger partial charge in [-0.3, -0.25) is 4.79 Å². The summed E-state index contributed by atoms with van der Waals surface area (Å²) >= 11 is 0. The van der Waals surface area contributed by atoms with Crippen molar-refractivity contribution in [1.82, 2.24) is 5.32 Å². The van der Waals surface area contributed by atoms with E-state index >= 15 is 0 Å². The summed E-state index contributed by atoms with van der Waals surface area (Å²) in [5.41, 5.74) is 1.20. The van der Waals surface area contributed by atoms with Crippen molar-refractivity contribution in [3.63, 3.8) is 0 Å². The van der Waals surface area contributed by atoms with Gasteiger partial charge in [0.1, 0.15) is 5.75 Å². The minimum absolute atomic E-state index is 0.110. The summed E-state index contributed by atoms with van der Waals surface area (Å²) in [6.45, 7) is -1.16. The zero-order valence-corrected chi connectivity index (χ0v) is 13.7. The highest BCUT2D eigenvalue weighted by molar-refractivity contribution is 6.06. The van der Waals surface area contributed by atoms with Gasteiger partial charge < -0.3 is 10.1 Å². The SMILES string of the molecule is O=C(NCc1cccc(OCC(F)(F)F)c1)c1cccc2ccccc12. The summed E-state index contributed by atoms with van der Waals surface area (Å²) in [4.78, 5) is 12.5. The maximum absolute atomic E-state index is 12.5. The Kier molecular flexibility index (Phi) is 5.11. The number of rotatable bonds is 5. The molecule has 0 radical (unpaired) electrons. The molecular weight excluding hydrogens is 343 g/mol. The molecule has 134 valence electrons. The van der Waals surface area contributed by atoms with E-state index in [4.69, 9.17) is 4.74 Å². The number of halogens is 3. The summed E-state index contributed by atoms with van der Waals surface area (Å²) in [5, 5.41) is 4.59. The van der Waals surface area contributed by atoms with E-state index in [0.29, 0.717) is 11.1 Å². The van der Waals surface area contributed by atoms with Crippen molar-refractivity contribution in [2.75, 3.05) is 6.61 Å². The number of benzene rings is 3. The van der Waals surface area contributed by atoms with Crippen LogP contribution < -0.4 is 10.1 Å². The summed E-state index contributed by atoms with van der Waals surface area (Å²) in [6.07, 6.45) is -4.39. The van der Waals surface area contributed by atoms with Gasteiger partial charge in [-0.05, 0) is 34.5 Å². The number of hydrogen-bond acceptors (Lipinski definition) is 2. The maximum Gasteiger partial charge on any atom is 0.422 e. The van der Waals surface area contributed by atoms with Crippen LogP contribution in [0.4, 0.5) is 13.2 Å². The fourth-order valence-corrected chi connectivity index (χ4v) is 2.61. The lowest BCUT2D eigenvalue weighted by Gasteiger charge is -2.11. The molecule has 3 aromatic rings. The third kappa shape index (κ3) is 4.53. The molecule has 3 aromatic carbocycles. The van der Waals surface area contributed by atoms with Crippen molar-refractivity contribution in [1.29, 1.82) is 0 Å². The second kappa shape index (κ2) is 7.47. The van der Waals surface area contributed by atoms with E-state index in [1.54, 1.807) is 18.2 Å². The highest BCUT2D eigenvalue weighted by Gasteiger charge is 2.28. The molecular formula is C20H16F3NO2. The zero-order chi connectivity index (χ0) is 18.6. The van der Waals surface area contributed by atoms with E-state index in [0.717, 1.165) is 10.8 Å². The van der Waals surface area contributed by atoms with Crippen LogP contribution in [-0.2, 0) is 6.54 Å². The van der Waals surface area contributed by atoms with Gasteiger partial charge in [-0.25, -0.2) is 0 Å². The third-order valence-electron chi connectivity index (χ3n) is 3.79. The quantitative estimate of drug-likeness (QED) is 0.716. The van der Waals surface area contributed by atoms with Crippen LogP contribution in [0.25, 0.3) is 10.8 Å². The Morgan fingerprint density at radius 3 is 2.50 bits per heavy atom. The number of nitrogens with one attached hydrogen (secondary N) is 1. The lowest BCUT2D eigenvalue weighted by molar-refractivity contribution is -0.153. The third-order valence-corrected chi connectivity index (χ3v) is 3.79. The van der Waals surface area contributed by atoms with Gasteiger partial charge in [0.25, 0.3) is 5.91 Å². The Morgan fingerprint density at radius 1 is 0.962 bits per heavy atom. The van der Waals surface area contributed by atoms with E-state index in [1.807, 2.05) is 36.4 Å². The van der Waals surface area contributed by atoms with Gasteiger partial charge in [-0.2, -0.15) is 13.2 Å². The fourth-order valence-electron chi connectivity index (χ4n) is 2.61. The predicted molar refractivity (Wildman–Crippen MR) is 93.1 cm³/mol. The number of ether oxygens (including phenoxy) is 1. The van der Waals surface area contributed by atoms with Crippen molar-refractivity contribution in [2.24, 2.45) is 0 Å². The summed E-state index contributed by atoms with van der Waals surface area (Å²) < 4.78 is 41.4. The van der Waals surface area contributed by atoms with E-state index in [9.17, 15) is 18.0 Å². The molecule has 0 aliphatic rings. The first-order valence-corrected chi connectivity index (χ1v) is 7.97. The van der Waals surface area contributed by atoms with Crippen molar-refractivity contribution in [2.45, 2.75) is 12.7 Å². The van der Waals surface area contributed by atoms with Gasteiger partial charge in [-0.15, -0.1) is 0 Å². The van der Waals surface area contributed by atoms with Crippen molar-refractivity contribution in [3.8, 4) is 5.75 Å². The van der Waals surface area contributed by atoms with Crippen molar-refractivity contribution in [3.05, 3.63) is 77.9 Å². The van der Waals surface area contributed by atoms with Gasteiger partial charge in [0.05, 0.1) is 0 Å². The van der Waals surface area contributed by atoms with Gasteiger partial charge in [0, 0.05) is 12.1 Å². The standard InChI is InChI=1S/C20H16F3NO2/c21-20(22,23)13-26-16-8-3-5-14(11-16)12-24-19(25)18-10-4-7-15-6-1-2-9-17(15)18/h1-11H,12-13H2,(H,24,25). The van der Waals surface area contributed by atoms with Crippen LogP contribution in [0.1, 0.15) is 15.9 Å². The second-order valence-electron chi connectivity index (χ2n) is 5.76. The van der Waals surface area contributed by atoms with Gasteiger partial charge >= 0.3 is 6.18 Å². The van der Waals surface area contributed by atoms with Gasteiger partial charge in [0.2, 0.25) is 0 Å². The Bertz CT molecular complexity index is 917. The number of alkyl halides is 3. The second-order valence-corrected chi connectivity index (χ2v) is 5.76. The smallest absolute Gasteiger partial charge is 0.422 e. The predicted octanol–water partition coefficient (Wildman–Crippen LogP) is 4.71. The number of fused-ring (bicyclic) bond motifs is 1. The van der Waals surface area contributed by atoms with E-state index < -0.39 is 12.8 Å². The fraction of sp³-hybridized carbons (Fsp3) is 0.150. The largest absolute Gasteiger partial charge is 0.484 e. The molecule has 0 aliphatic heterocycles. The van der Waals surface area contributed by atoms with E-state index in [-0.39, 0.29) is 18.2 Å². The first kappa shape index (κ1) is 17.8. The molecule has 0 heterocycles. The van der Waals surface area contributed by atoms with Gasteiger partial charge in [0.15, 0.2) is 6.61 Å². The summed E-state index contributed by atoms with van der Waals surface area (Å²) in [5.74, 6) is -0.136. The molecule has 0 saturated heterocycles. The molecule has 0 bridgehead atoms. The molecule has 0 atom stereocenters. The molecule has 0 unspecified atom stereocenters. The Labute approximate surface area is 148 Å². The highest BCUT2D eigenvalue weighted by Crippen LogP contribution is 2.20. The van der Waals surface area contributed by atoms with Crippen molar-refractivity contribution >= 4 is 16.7 Å².